The minimum Gasteiger partial charge on any atom is -0.282 e. The van der Waals surface area contributed by atoms with Gasteiger partial charge in [0, 0.05) is 29.6 Å². The average molecular weight is 320 g/mol. The van der Waals surface area contributed by atoms with Gasteiger partial charge in [-0.15, -0.1) is 0 Å². The molecule has 1 aromatic rings. The van der Waals surface area contributed by atoms with Gasteiger partial charge in [0.2, 0.25) is 11.8 Å². The van der Waals surface area contributed by atoms with Crippen LogP contribution in [0.1, 0.15) is 24.8 Å². The Morgan fingerprint density at radius 2 is 2.09 bits per heavy atom. The highest BCUT2D eigenvalue weighted by Crippen LogP contribution is 2.38. The molecule has 2 atom stereocenters. The van der Waals surface area contributed by atoms with Gasteiger partial charge in [0.05, 0.1) is 11.8 Å². The number of rotatable bonds is 4. The summed E-state index contributed by atoms with van der Waals surface area (Å²) in [5.74, 6) is -0.501. The maximum Gasteiger partial charge on any atom is 0.233 e. The van der Waals surface area contributed by atoms with E-state index >= 15 is 0 Å². The van der Waals surface area contributed by atoms with E-state index in [1.807, 2.05) is 31.3 Å². The molecule has 0 aromatic carbocycles. The number of aromatic nitrogens is 1. The second-order valence-corrected chi connectivity index (χ2v) is 6.59. The molecule has 2 amide bonds. The van der Waals surface area contributed by atoms with Crippen molar-refractivity contribution in [3.63, 3.8) is 0 Å². The van der Waals surface area contributed by atoms with E-state index < -0.39 is 0 Å². The van der Waals surface area contributed by atoms with Crippen molar-refractivity contribution in [2.24, 2.45) is 11.8 Å². The Hall–Kier alpha value is -1.68. The van der Waals surface area contributed by atoms with Crippen LogP contribution in [-0.4, -0.2) is 23.3 Å². The minimum atomic E-state index is -0.239. The van der Waals surface area contributed by atoms with Gasteiger partial charge >= 0.3 is 0 Å². The van der Waals surface area contributed by atoms with Crippen LogP contribution in [0.5, 0.6) is 0 Å². The lowest BCUT2D eigenvalue weighted by Crippen LogP contribution is -2.37. The van der Waals surface area contributed by atoms with Crippen molar-refractivity contribution in [2.45, 2.75) is 32.7 Å². The molecule has 1 aliphatic carbocycles. The van der Waals surface area contributed by atoms with Gasteiger partial charge in [0.15, 0.2) is 12.4 Å². The molecule has 5 heteroatoms. The van der Waals surface area contributed by atoms with Crippen molar-refractivity contribution >= 4 is 23.4 Å². The standard InChI is InChI=1S/C17H20ClN2O2/c1-12-4-2-7-19(11-12)8-3-9-20-16(21)14-6-5-13(18)10-15(14)17(20)22/h2,4-5,7,11,14-15H,3,6,8-10H2,1H3/q+1. The van der Waals surface area contributed by atoms with Gasteiger partial charge in [-0.1, -0.05) is 17.7 Å². The molecule has 2 heterocycles. The monoisotopic (exact) mass is 319 g/mol. The molecule has 22 heavy (non-hydrogen) atoms. The first-order valence-electron chi connectivity index (χ1n) is 7.71. The molecule has 2 aliphatic rings. The van der Waals surface area contributed by atoms with Crippen molar-refractivity contribution in [1.29, 1.82) is 0 Å². The van der Waals surface area contributed by atoms with E-state index in [0.29, 0.717) is 24.4 Å². The van der Waals surface area contributed by atoms with Crippen LogP contribution in [0, 0.1) is 18.8 Å². The minimum absolute atomic E-state index is 0.0235. The van der Waals surface area contributed by atoms with Gasteiger partial charge in [-0.2, -0.15) is 0 Å². The molecule has 0 N–H and O–H groups in total. The van der Waals surface area contributed by atoms with Gasteiger partial charge in [-0.05, 0) is 25.8 Å². The number of likely N-dealkylation sites (tertiary alicyclic amines) is 1. The maximum absolute atomic E-state index is 12.4. The summed E-state index contributed by atoms with van der Waals surface area (Å²) in [6.45, 7) is 3.34. The molecule has 1 saturated heterocycles. The first-order valence-corrected chi connectivity index (χ1v) is 8.09. The Kier molecular flexibility index (Phi) is 4.30. The number of carbonyl (C=O) groups is 2. The number of fused-ring (bicyclic) bond motifs is 1. The SMILES string of the molecule is Cc1ccc[n+](CCCN2C(=O)C3CC=C(Cl)CC3C2=O)c1. The Morgan fingerprint density at radius 1 is 1.32 bits per heavy atom. The number of hydrogen-bond donors (Lipinski definition) is 0. The Morgan fingerprint density at radius 3 is 2.86 bits per heavy atom. The Bertz CT molecular complexity index is 641. The molecule has 3 rings (SSSR count). The number of imide groups is 1. The summed E-state index contributed by atoms with van der Waals surface area (Å²) < 4.78 is 2.09. The third kappa shape index (κ3) is 2.93. The van der Waals surface area contributed by atoms with Crippen LogP contribution in [0.15, 0.2) is 35.6 Å². The zero-order chi connectivity index (χ0) is 15.7. The van der Waals surface area contributed by atoms with Gasteiger partial charge in [0.1, 0.15) is 6.54 Å². The van der Waals surface area contributed by atoms with Crippen molar-refractivity contribution in [3.05, 3.63) is 41.2 Å². The molecule has 2 unspecified atom stereocenters. The van der Waals surface area contributed by atoms with Crippen molar-refractivity contribution in [3.8, 4) is 0 Å². The number of carbonyl (C=O) groups excluding carboxylic acids is 2. The van der Waals surface area contributed by atoms with Crippen molar-refractivity contribution < 1.29 is 14.2 Å². The molecular weight excluding hydrogens is 300 g/mol. The summed E-state index contributed by atoms with van der Waals surface area (Å²) in [6.07, 6.45) is 7.82. The highest BCUT2D eigenvalue weighted by Gasteiger charge is 2.47. The fourth-order valence-electron chi connectivity index (χ4n) is 3.32. The lowest BCUT2D eigenvalue weighted by molar-refractivity contribution is -0.697. The van der Waals surface area contributed by atoms with E-state index in [0.717, 1.165) is 13.0 Å². The number of nitrogens with zero attached hydrogens (tertiary/aromatic N) is 2. The normalized spacial score (nSPS) is 24.5. The summed E-state index contributed by atoms with van der Waals surface area (Å²) >= 11 is 6.02. The fourth-order valence-corrected chi connectivity index (χ4v) is 3.58. The Balaban J connectivity index is 1.59. The molecule has 0 saturated carbocycles. The van der Waals surface area contributed by atoms with Gasteiger partial charge in [-0.3, -0.25) is 14.5 Å². The summed E-state index contributed by atoms with van der Waals surface area (Å²) in [7, 11) is 0. The van der Waals surface area contributed by atoms with E-state index in [4.69, 9.17) is 11.6 Å². The number of halogens is 1. The molecule has 0 bridgehead atoms. The molecule has 0 spiro atoms. The summed E-state index contributed by atoms with van der Waals surface area (Å²) in [6, 6.07) is 4.05. The molecule has 4 nitrogen and oxygen atoms in total. The summed E-state index contributed by atoms with van der Waals surface area (Å²) in [5.41, 5.74) is 1.20. The molecule has 1 fully saturated rings. The zero-order valence-corrected chi connectivity index (χ0v) is 13.4. The number of allylic oxidation sites excluding steroid dienone is 2. The molecule has 1 aromatic heterocycles. The summed E-state index contributed by atoms with van der Waals surface area (Å²) in [4.78, 5) is 26.2. The van der Waals surface area contributed by atoms with Crippen LogP contribution in [-0.2, 0) is 16.1 Å². The second-order valence-electron chi connectivity index (χ2n) is 6.10. The largest absolute Gasteiger partial charge is 0.282 e. The third-order valence-electron chi connectivity index (χ3n) is 4.46. The number of amides is 2. The first kappa shape index (κ1) is 15.2. The van der Waals surface area contributed by atoms with Crippen LogP contribution in [0.4, 0.5) is 0 Å². The molecule has 0 radical (unpaired) electrons. The van der Waals surface area contributed by atoms with E-state index in [9.17, 15) is 9.59 Å². The predicted molar refractivity (Wildman–Crippen MR) is 82.9 cm³/mol. The molecule has 1 aliphatic heterocycles. The Labute approximate surface area is 135 Å². The van der Waals surface area contributed by atoms with Gasteiger partial charge in [-0.25, -0.2) is 4.57 Å². The maximum atomic E-state index is 12.4. The molecular formula is C17H20ClN2O2+. The first-order chi connectivity index (χ1) is 10.6. The summed E-state index contributed by atoms with van der Waals surface area (Å²) in [5, 5.41) is 0.708. The topological polar surface area (TPSA) is 41.3 Å². The van der Waals surface area contributed by atoms with E-state index in [1.165, 1.54) is 10.5 Å². The van der Waals surface area contributed by atoms with Crippen molar-refractivity contribution in [2.75, 3.05) is 6.54 Å². The van der Waals surface area contributed by atoms with E-state index in [1.54, 1.807) is 0 Å². The van der Waals surface area contributed by atoms with Crippen LogP contribution < -0.4 is 4.57 Å². The highest BCUT2D eigenvalue weighted by atomic mass is 35.5. The van der Waals surface area contributed by atoms with E-state index in [2.05, 4.69) is 10.8 Å². The smallest absolute Gasteiger partial charge is 0.233 e. The van der Waals surface area contributed by atoms with Gasteiger partial charge < -0.3 is 0 Å². The quantitative estimate of drug-likeness (QED) is 0.630. The van der Waals surface area contributed by atoms with Gasteiger partial charge in [0.25, 0.3) is 0 Å². The number of aryl methyl sites for hydroxylation is 2. The lowest BCUT2D eigenvalue weighted by Gasteiger charge is -2.17. The number of pyridine rings is 1. The average Bonchev–Trinajstić information content (AvgIpc) is 2.72. The van der Waals surface area contributed by atoms with E-state index in [-0.39, 0.29) is 23.7 Å². The van der Waals surface area contributed by atoms with Crippen molar-refractivity contribution in [1.82, 2.24) is 4.90 Å². The third-order valence-corrected chi connectivity index (χ3v) is 4.77. The molecule has 116 valence electrons. The van der Waals surface area contributed by atoms with Crippen LogP contribution in [0.2, 0.25) is 0 Å². The van der Waals surface area contributed by atoms with Crippen LogP contribution in [0.3, 0.4) is 0 Å². The zero-order valence-electron chi connectivity index (χ0n) is 12.7. The highest BCUT2D eigenvalue weighted by molar-refractivity contribution is 6.30. The van der Waals surface area contributed by atoms with Crippen LogP contribution in [0.25, 0.3) is 0 Å². The lowest BCUT2D eigenvalue weighted by atomic mass is 9.85. The second kappa shape index (κ2) is 6.21. The number of hydrogen-bond acceptors (Lipinski definition) is 2. The fraction of sp³-hybridized carbons (Fsp3) is 0.471. The van der Waals surface area contributed by atoms with Crippen LogP contribution >= 0.6 is 11.6 Å². The predicted octanol–water partition coefficient (Wildman–Crippen LogP) is 2.19.